The number of amides is 2. The first-order valence-corrected chi connectivity index (χ1v) is 13.6. The van der Waals surface area contributed by atoms with Gasteiger partial charge >= 0.3 is 0 Å². The summed E-state index contributed by atoms with van der Waals surface area (Å²) >= 11 is 19.3. The van der Waals surface area contributed by atoms with Gasteiger partial charge in [-0.3, -0.25) is 14.5 Å². The van der Waals surface area contributed by atoms with Gasteiger partial charge in [0.1, 0.15) is 4.32 Å². The third-order valence-electron chi connectivity index (χ3n) is 5.69. The van der Waals surface area contributed by atoms with Crippen molar-refractivity contribution < 1.29 is 19.1 Å². The van der Waals surface area contributed by atoms with Crippen molar-refractivity contribution in [2.75, 3.05) is 25.6 Å². The van der Waals surface area contributed by atoms with Gasteiger partial charge in [0, 0.05) is 17.3 Å². The largest absolute Gasteiger partial charge is 0.493 e. The predicted molar refractivity (Wildman–Crippen MR) is 158 cm³/mol. The van der Waals surface area contributed by atoms with Crippen LogP contribution in [-0.2, 0) is 16.0 Å². The molecular weight excluding hydrogens is 563 g/mol. The number of rotatable bonds is 9. The van der Waals surface area contributed by atoms with Crippen molar-refractivity contribution in [1.29, 1.82) is 0 Å². The minimum atomic E-state index is -0.383. The highest BCUT2D eigenvalue weighted by atomic mass is 35.5. The molecule has 0 bridgehead atoms. The van der Waals surface area contributed by atoms with Crippen LogP contribution < -0.4 is 14.8 Å². The quantitative estimate of drug-likeness (QED) is 0.220. The van der Waals surface area contributed by atoms with Crippen LogP contribution in [-0.4, -0.2) is 41.3 Å². The molecule has 2 amide bonds. The van der Waals surface area contributed by atoms with Crippen molar-refractivity contribution in [2.45, 2.75) is 13.3 Å². The Balaban J connectivity index is 1.43. The molecule has 0 radical (unpaired) electrons. The Morgan fingerprint density at radius 2 is 1.87 bits per heavy atom. The van der Waals surface area contributed by atoms with E-state index < -0.39 is 0 Å². The van der Waals surface area contributed by atoms with Gasteiger partial charge in [0.2, 0.25) is 0 Å². The molecule has 3 aromatic carbocycles. The number of carbonyl (C=O) groups excluding carboxylic acids is 2. The van der Waals surface area contributed by atoms with Gasteiger partial charge in [-0.05, 0) is 60.4 Å². The fourth-order valence-electron chi connectivity index (χ4n) is 3.70. The number of ether oxygens (including phenoxy) is 2. The van der Waals surface area contributed by atoms with E-state index in [-0.39, 0.29) is 29.2 Å². The van der Waals surface area contributed by atoms with Crippen LogP contribution in [0.25, 0.3) is 6.08 Å². The van der Waals surface area contributed by atoms with E-state index in [0.717, 1.165) is 11.1 Å². The zero-order valence-corrected chi connectivity index (χ0v) is 23.8. The topological polar surface area (TPSA) is 67.9 Å². The molecule has 1 aliphatic rings. The Kier molecular flexibility index (Phi) is 9.33. The zero-order valence-electron chi connectivity index (χ0n) is 20.6. The Bertz CT molecular complexity index is 1410. The molecule has 1 heterocycles. The number of methoxy groups -OCH3 is 1. The summed E-state index contributed by atoms with van der Waals surface area (Å²) in [6, 6.07) is 18.5. The van der Waals surface area contributed by atoms with Crippen molar-refractivity contribution in [1.82, 2.24) is 4.90 Å². The second-order valence-electron chi connectivity index (χ2n) is 8.40. The van der Waals surface area contributed by atoms with Gasteiger partial charge in [-0.2, -0.15) is 0 Å². The Hall–Kier alpha value is -3.04. The second kappa shape index (κ2) is 12.7. The molecule has 6 nitrogen and oxygen atoms in total. The lowest BCUT2D eigenvalue weighted by Crippen LogP contribution is -2.30. The van der Waals surface area contributed by atoms with Crippen molar-refractivity contribution in [3.05, 3.63) is 92.3 Å². The highest BCUT2D eigenvalue weighted by Gasteiger charge is 2.31. The normalized spacial score (nSPS) is 14.2. The number of benzene rings is 3. The van der Waals surface area contributed by atoms with E-state index in [1.165, 1.54) is 18.9 Å². The van der Waals surface area contributed by atoms with Crippen LogP contribution >= 0.6 is 47.2 Å². The van der Waals surface area contributed by atoms with Gasteiger partial charge in [0.25, 0.3) is 11.8 Å². The fraction of sp³-hybridized carbons (Fsp3) is 0.179. The molecule has 1 saturated heterocycles. The summed E-state index contributed by atoms with van der Waals surface area (Å²) in [4.78, 5) is 27.5. The number of halogens is 2. The molecule has 1 aliphatic heterocycles. The third-order valence-corrected chi connectivity index (χ3v) is 7.76. The van der Waals surface area contributed by atoms with Crippen molar-refractivity contribution >= 4 is 75.1 Å². The molecule has 0 atom stereocenters. The van der Waals surface area contributed by atoms with Gasteiger partial charge < -0.3 is 14.8 Å². The highest BCUT2D eigenvalue weighted by molar-refractivity contribution is 8.26. The van der Waals surface area contributed by atoms with Gasteiger partial charge in [-0.25, -0.2) is 0 Å². The number of hydrogen-bond donors (Lipinski definition) is 1. The lowest BCUT2D eigenvalue weighted by Gasteiger charge is -2.14. The summed E-state index contributed by atoms with van der Waals surface area (Å²) in [6.45, 7) is 2.09. The maximum absolute atomic E-state index is 13.0. The first-order chi connectivity index (χ1) is 18.2. The van der Waals surface area contributed by atoms with E-state index in [2.05, 4.69) is 5.32 Å². The molecule has 1 fully saturated rings. The van der Waals surface area contributed by atoms with E-state index in [1.54, 1.807) is 35.2 Å². The Morgan fingerprint density at radius 1 is 1.11 bits per heavy atom. The standard InChI is InChI=1S/C28H24Cl2N2O4S2/c1-17-8-9-20(15-21(17)29)31-25(33)16-36-26-22(30)12-19(13-23(26)35-2)14-24-27(34)32(28(37)38-24)11-10-18-6-4-3-5-7-18/h3-9,12-15H,10-11,16H2,1-2H3,(H,31,33)/b24-14-. The zero-order chi connectivity index (χ0) is 27.2. The van der Waals surface area contributed by atoms with Gasteiger partial charge in [-0.1, -0.05) is 83.6 Å². The highest BCUT2D eigenvalue weighted by Crippen LogP contribution is 2.39. The molecule has 4 rings (SSSR count). The smallest absolute Gasteiger partial charge is 0.266 e. The van der Waals surface area contributed by atoms with Crippen molar-refractivity contribution in [3.8, 4) is 11.5 Å². The Labute approximate surface area is 240 Å². The number of aryl methyl sites for hydroxylation is 1. The lowest BCUT2D eigenvalue weighted by molar-refractivity contribution is -0.122. The second-order valence-corrected chi connectivity index (χ2v) is 10.9. The van der Waals surface area contributed by atoms with E-state index in [4.69, 9.17) is 44.9 Å². The number of nitrogens with zero attached hydrogens (tertiary/aromatic N) is 1. The summed E-state index contributed by atoms with van der Waals surface area (Å²) in [6.07, 6.45) is 2.42. The summed E-state index contributed by atoms with van der Waals surface area (Å²) in [7, 11) is 1.47. The molecule has 0 spiro atoms. The first-order valence-electron chi connectivity index (χ1n) is 11.6. The van der Waals surface area contributed by atoms with Crippen molar-refractivity contribution in [2.24, 2.45) is 0 Å². The molecule has 1 N–H and O–H groups in total. The third kappa shape index (κ3) is 6.88. The number of hydrogen-bond acceptors (Lipinski definition) is 6. The first kappa shape index (κ1) is 28.0. The van der Waals surface area contributed by atoms with Gasteiger partial charge in [-0.15, -0.1) is 0 Å². The monoisotopic (exact) mass is 586 g/mol. The molecule has 38 heavy (non-hydrogen) atoms. The van der Waals surface area contributed by atoms with E-state index in [9.17, 15) is 9.59 Å². The van der Waals surface area contributed by atoms with E-state index in [0.29, 0.717) is 44.2 Å². The molecule has 10 heteroatoms. The summed E-state index contributed by atoms with van der Waals surface area (Å²) < 4.78 is 11.6. The molecule has 0 aromatic heterocycles. The summed E-state index contributed by atoms with van der Waals surface area (Å²) in [5.74, 6) is 0.0128. The van der Waals surface area contributed by atoms with E-state index >= 15 is 0 Å². The maximum atomic E-state index is 13.0. The fourth-order valence-corrected chi connectivity index (χ4v) is 5.46. The number of nitrogens with one attached hydrogen (secondary N) is 1. The van der Waals surface area contributed by atoms with Gasteiger partial charge in [0.05, 0.1) is 17.0 Å². The minimum Gasteiger partial charge on any atom is -0.493 e. The average Bonchev–Trinajstić information content (AvgIpc) is 3.16. The molecule has 196 valence electrons. The van der Waals surface area contributed by atoms with Crippen LogP contribution in [0, 0.1) is 6.92 Å². The maximum Gasteiger partial charge on any atom is 0.266 e. The van der Waals surface area contributed by atoms with Crippen LogP contribution in [0.15, 0.2) is 65.6 Å². The number of carbonyl (C=O) groups is 2. The lowest BCUT2D eigenvalue weighted by atomic mass is 10.1. The van der Waals surface area contributed by atoms with Crippen LogP contribution in [0.5, 0.6) is 11.5 Å². The average molecular weight is 588 g/mol. The van der Waals surface area contributed by atoms with E-state index in [1.807, 2.05) is 43.3 Å². The number of anilines is 1. The summed E-state index contributed by atoms with van der Waals surface area (Å²) in [5, 5.41) is 3.52. The molecule has 0 saturated carbocycles. The van der Waals surface area contributed by atoms with Crippen LogP contribution in [0.4, 0.5) is 5.69 Å². The van der Waals surface area contributed by atoms with Crippen LogP contribution in [0.2, 0.25) is 10.0 Å². The van der Waals surface area contributed by atoms with Crippen LogP contribution in [0.1, 0.15) is 16.7 Å². The molecule has 0 aliphatic carbocycles. The predicted octanol–water partition coefficient (Wildman–Crippen LogP) is 6.77. The number of thiocarbonyl (C=S) groups is 1. The summed E-state index contributed by atoms with van der Waals surface area (Å²) in [5.41, 5.74) is 3.24. The molecule has 0 unspecified atom stereocenters. The molecule has 3 aromatic rings. The Morgan fingerprint density at radius 3 is 2.58 bits per heavy atom. The van der Waals surface area contributed by atoms with Crippen molar-refractivity contribution in [3.63, 3.8) is 0 Å². The minimum absolute atomic E-state index is 0.153. The SMILES string of the molecule is COc1cc(/C=C2\SC(=S)N(CCc3ccccc3)C2=O)cc(Cl)c1OCC(=O)Nc1ccc(C)c(Cl)c1. The van der Waals surface area contributed by atoms with Gasteiger partial charge in [0.15, 0.2) is 18.1 Å². The number of thioether (sulfide) groups is 1. The molecular formula is C28H24Cl2N2O4S2. The van der Waals surface area contributed by atoms with Crippen LogP contribution in [0.3, 0.4) is 0 Å².